The number of methoxy groups -OCH3 is 2. The van der Waals surface area contributed by atoms with Gasteiger partial charge in [0, 0.05) is 5.39 Å². The van der Waals surface area contributed by atoms with Gasteiger partial charge in [0.2, 0.25) is 0 Å². The number of carbonyl (C=O) groups is 2. The molecule has 1 amide bonds. The maximum Gasteiger partial charge on any atom is 0.338 e. The van der Waals surface area contributed by atoms with Crippen LogP contribution in [0.5, 0.6) is 11.5 Å². The minimum atomic E-state index is -0.632. The van der Waals surface area contributed by atoms with Crippen molar-refractivity contribution in [3.8, 4) is 11.5 Å². The first-order valence-electron chi connectivity index (χ1n) is 8.69. The predicted octanol–water partition coefficient (Wildman–Crippen LogP) is 3.48. The van der Waals surface area contributed by atoms with Gasteiger partial charge in [-0.05, 0) is 37.3 Å². The molecule has 0 aliphatic carbocycles. The number of carbonyl (C=O) groups excluding carboxylic acids is 2. The smallest absolute Gasteiger partial charge is 0.338 e. The minimum Gasteiger partial charge on any atom is -0.493 e. The van der Waals surface area contributed by atoms with Crippen LogP contribution in [0.4, 0.5) is 0 Å². The summed E-state index contributed by atoms with van der Waals surface area (Å²) in [6, 6.07) is 13.7. The van der Waals surface area contributed by atoms with Gasteiger partial charge in [-0.3, -0.25) is 4.79 Å². The summed E-state index contributed by atoms with van der Waals surface area (Å²) in [7, 11) is 2.98. The van der Waals surface area contributed by atoms with Crippen molar-refractivity contribution in [2.24, 2.45) is 0 Å². The molecule has 2 aromatic carbocycles. The fourth-order valence-corrected chi connectivity index (χ4v) is 2.75. The molecule has 0 bridgehead atoms. The van der Waals surface area contributed by atoms with E-state index in [0.29, 0.717) is 17.3 Å². The molecule has 3 rings (SSSR count). The zero-order chi connectivity index (χ0) is 20.1. The maximum absolute atomic E-state index is 12.2. The van der Waals surface area contributed by atoms with Crippen LogP contribution in [0.2, 0.25) is 0 Å². The van der Waals surface area contributed by atoms with Crippen molar-refractivity contribution in [2.45, 2.75) is 13.0 Å². The monoisotopic (exact) mass is 383 g/mol. The van der Waals surface area contributed by atoms with E-state index in [1.807, 2.05) is 30.3 Å². The van der Waals surface area contributed by atoms with Crippen LogP contribution in [-0.2, 0) is 9.53 Å². The van der Waals surface area contributed by atoms with Gasteiger partial charge in [0.15, 0.2) is 18.1 Å². The van der Waals surface area contributed by atoms with Crippen LogP contribution in [0.1, 0.15) is 29.1 Å². The number of nitrogens with one attached hydrogen (secondary N) is 1. The number of rotatable bonds is 7. The summed E-state index contributed by atoms with van der Waals surface area (Å²) >= 11 is 0. The van der Waals surface area contributed by atoms with E-state index in [-0.39, 0.29) is 11.6 Å². The lowest BCUT2D eigenvalue weighted by atomic mass is 10.2. The van der Waals surface area contributed by atoms with Crippen LogP contribution in [0.25, 0.3) is 11.0 Å². The largest absolute Gasteiger partial charge is 0.493 e. The topological polar surface area (TPSA) is 87.0 Å². The zero-order valence-electron chi connectivity index (χ0n) is 15.9. The summed E-state index contributed by atoms with van der Waals surface area (Å²) in [6.07, 6.45) is 0. The Balaban J connectivity index is 1.56. The van der Waals surface area contributed by atoms with E-state index in [1.54, 1.807) is 19.1 Å². The zero-order valence-corrected chi connectivity index (χ0v) is 15.9. The van der Waals surface area contributed by atoms with Crippen molar-refractivity contribution >= 4 is 22.8 Å². The van der Waals surface area contributed by atoms with Crippen LogP contribution in [-0.4, -0.2) is 32.7 Å². The fourth-order valence-electron chi connectivity index (χ4n) is 2.75. The molecule has 0 fully saturated rings. The van der Waals surface area contributed by atoms with Crippen molar-refractivity contribution in [1.29, 1.82) is 0 Å². The van der Waals surface area contributed by atoms with Crippen molar-refractivity contribution in [1.82, 2.24) is 5.32 Å². The van der Waals surface area contributed by atoms with Crippen LogP contribution >= 0.6 is 0 Å². The van der Waals surface area contributed by atoms with E-state index in [2.05, 4.69) is 5.32 Å². The van der Waals surface area contributed by atoms with Crippen LogP contribution < -0.4 is 14.8 Å². The Labute approximate surface area is 162 Å². The van der Waals surface area contributed by atoms with Gasteiger partial charge in [0.25, 0.3) is 5.91 Å². The lowest BCUT2D eigenvalue weighted by Gasteiger charge is -2.12. The third-order valence-corrected chi connectivity index (χ3v) is 4.20. The first kappa shape index (κ1) is 19.3. The second kappa shape index (κ2) is 8.47. The third-order valence-electron chi connectivity index (χ3n) is 4.20. The number of esters is 1. The highest BCUT2D eigenvalue weighted by Gasteiger charge is 2.17. The molecule has 1 N–H and O–H groups in total. The fraction of sp³-hybridized carbons (Fsp3) is 0.238. The molecular formula is C21H21NO6. The molecule has 1 aromatic heterocycles. The van der Waals surface area contributed by atoms with Crippen LogP contribution in [0.3, 0.4) is 0 Å². The van der Waals surface area contributed by atoms with Gasteiger partial charge in [-0.15, -0.1) is 0 Å². The average molecular weight is 383 g/mol. The average Bonchev–Trinajstić information content (AvgIpc) is 3.16. The quantitative estimate of drug-likeness (QED) is 0.629. The van der Waals surface area contributed by atoms with Gasteiger partial charge in [-0.2, -0.15) is 0 Å². The lowest BCUT2D eigenvalue weighted by molar-refractivity contribution is -0.125. The molecule has 7 nitrogen and oxygen atoms in total. The van der Waals surface area contributed by atoms with Crippen molar-refractivity contribution in [3.63, 3.8) is 0 Å². The molecule has 1 atom stereocenters. The number of hydrogen-bond donors (Lipinski definition) is 1. The molecule has 0 spiro atoms. The first-order valence-corrected chi connectivity index (χ1v) is 8.69. The van der Waals surface area contributed by atoms with E-state index < -0.39 is 18.5 Å². The second-order valence-corrected chi connectivity index (χ2v) is 6.12. The minimum absolute atomic E-state index is 0.260. The molecule has 0 saturated carbocycles. The summed E-state index contributed by atoms with van der Waals surface area (Å²) < 4.78 is 21.1. The molecule has 0 unspecified atom stereocenters. The molecule has 146 valence electrons. The van der Waals surface area contributed by atoms with E-state index >= 15 is 0 Å². The Kier molecular flexibility index (Phi) is 5.84. The molecule has 3 aromatic rings. The summed E-state index contributed by atoms with van der Waals surface area (Å²) in [5.41, 5.74) is 1.01. The molecule has 0 radical (unpaired) electrons. The molecule has 0 aliphatic heterocycles. The SMILES string of the molecule is COc1ccc(C(=O)OCC(=O)N[C@H](C)c2cc3ccccc3o2)cc1OC. The summed E-state index contributed by atoms with van der Waals surface area (Å²) in [5, 5.41) is 3.71. The number of hydrogen-bond acceptors (Lipinski definition) is 6. The second-order valence-electron chi connectivity index (χ2n) is 6.12. The third kappa shape index (κ3) is 4.25. The number of benzene rings is 2. The number of amides is 1. The van der Waals surface area contributed by atoms with Crippen LogP contribution in [0.15, 0.2) is 52.9 Å². The summed E-state index contributed by atoms with van der Waals surface area (Å²) in [4.78, 5) is 24.3. The Bertz CT molecular complexity index is 960. The first-order chi connectivity index (χ1) is 13.5. The standard InChI is InChI=1S/C21H21NO6/c1-13(18-10-14-6-4-5-7-16(14)28-18)22-20(23)12-27-21(24)15-8-9-17(25-2)19(11-15)26-3/h4-11,13H,12H2,1-3H3,(H,22,23)/t13-/m1/s1. The van der Waals surface area contributed by atoms with E-state index in [1.165, 1.54) is 20.3 Å². The normalized spacial score (nSPS) is 11.7. The molecule has 0 aliphatic rings. The summed E-state index contributed by atoms with van der Waals surface area (Å²) in [5.74, 6) is 0.464. The maximum atomic E-state index is 12.2. The van der Waals surface area contributed by atoms with Gasteiger partial charge in [-0.25, -0.2) is 4.79 Å². The number of furan rings is 1. The van der Waals surface area contributed by atoms with E-state index in [9.17, 15) is 9.59 Å². The molecule has 1 heterocycles. The summed E-state index contributed by atoms with van der Waals surface area (Å²) in [6.45, 7) is 1.39. The highest BCUT2D eigenvalue weighted by molar-refractivity contribution is 5.92. The van der Waals surface area contributed by atoms with Gasteiger partial charge in [0.1, 0.15) is 11.3 Å². The number of fused-ring (bicyclic) bond motifs is 1. The van der Waals surface area contributed by atoms with E-state index in [0.717, 1.165) is 11.0 Å². The predicted molar refractivity (Wildman–Crippen MR) is 103 cm³/mol. The van der Waals surface area contributed by atoms with Gasteiger partial charge in [-0.1, -0.05) is 18.2 Å². The van der Waals surface area contributed by atoms with E-state index in [4.69, 9.17) is 18.6 Å². The van der Waals surface area contributed by atoms with Gasteiger partial charge >= 0.3 is 5.97 Å². The van der Waals surface area contributed by atoms with Gasteiger partial charge in [0.05, 0.1) is 25.8 Å². The molecular weight excluding hydrogens is 362 g/mol. The Hall–Kier alpha value is -3.48. The number of para-hydroxylation sites is 1. The van der Waals surface area contributed by atoms with Crippen molar-refractivity contribution in [2.75, 3.05) is 20.8 Å². The van der Waals surface area contributed by atoms with Gasteiger partial charge < -0.3 is 23.9 Å². The van der Waals surface area contributed by atoms with Crippen molar-refractivity contribution < 1.29 is 28.2 Å². The lowest BCUT2D eigenvalue weighted by Crippen LogP contribution is -2.31. The van der Waals surface area contributed by atoms with Crippen LogP contribution in [0, 0.1) is 0 Å². The Morgan fingerprint density at radius 2 is 1.79 bits per heavy atom. The molecule has 0 saturated heterocycles. The van der Waals surface area contributed by atoms with Crippen molar-refractivity contribution in [3.05, 3.63) is 59.9 Å². The Morgan fingerprint density at radius 1 is 1.04 bits per heavy atom. The number of ether oxygens (including phenoxy) is 3. The highest BCUT2D eigenvalue weighted by Crippen LogP contribution is 2.28. The molecule has 28 heavy (non-hydrogen) atoms. The molecule has 7 heteroatoms. The highest BCUT2D eigenvalue weighted by atomic mass is 16.5. The Morgan fingerprint density at radius 3 is 2.50 bits per heavy atom.